The maximum absolute atomic E-state index is 11.8. The lowest BCUT2D eigenvalue weighted by atomic mass is 10.2. The highest BCUT2D eigenvalue weighted by Gasteiger charge is 2.16. The number of halogens is 2. The molecule has 0 aliphatic carbocycles. The number of thiazole rings is 1. The molecule has 0 amide bonds. The van der Waals surface area contributed by atoms with Gasteiger partial charge >= 0.3 is 0 Å². The van der Waals surface area contributed by atoms with E-state index in [1.54, 1.807) is 18.2 Å². The van der Waals surface area contributed by atoms with Crippen LogP contribution < -0.4 is 19.4 Å². The fourth-order valence-electron chi connectivity index (χ4n) is 2.65. The van der Waals surface area contributed by atoms with Crippen molar-refractivity contribution in [1.82, 2.24) is 4.57 Å². The molecule has 1 aromatic heterocycles. The molecule has 3 aromatic rings. The topological polar surface area (TPSA) is 95.9 Å². The summed E-state index contributed by atoms with van der Waals surface area (Å²) in [6.45, 7) is 0. The Kier molecular flexibility index (Phi) is 6.25. The van der Waals surface area contributed by atoms with Crippen molar-refractivity contribution < 1.29 is 17.9 Å². The summed E-state index contributed by atoms with van der Waals surface area (Å²) < 4.78 is 35.9. The highest BCUT2D eigenvalue weighted by atomic mass is 35.5. The number of benzene rings is 2. The van der Waals surface area contributed by atoms with E-state index in [-0.39, 0.29) is 9.92 Å². The van der Waals surface area contributed by atoms with Crippen LogP contribution in [0.2, 0.25) is 10.0 Å². The molecule has 0 unspecified atom stereocenters. The molecule has 7 nitrogen and oxygen atoms in total. The van der Waals surface area contributed by atoms with E-state index in [1.807, 2.05) is 17.0 Å². The third-order valence-corrected chi connectivity index (χ3v) is 6.73. The zero-order valence-corrected chi connectivity index (χ0v) is 18.8. The smallest absolute Gasteiger partial charge is 0.239 e. The molecular formula is C18H17Cl2N3O4S2. The maximum atomic E-state index is 11.8. The molecule has 1 heterocycles. The molecule has 0 radical (unpaired) electrons. The van der Waals surface area contributed by atoms with Gasteiger partial charge in [-0.15, -0.1) is 11.3 Å². The van der Waals surface area contributed by atoms with Crippen LogP contribution in [0.4, 0.5) is 5.69 Å². The van der Waals surface area contributed by atoms with E-state index in [0.29, 0.717) is 32.6 Å². The summed E-state index contributed by atoms with van der Waals surface area (Å²) in [7, 11) is 0.920. The van der Waals surface area contributed by atoms with Gasteiger partial charge in [-0.1, -0.05) is 29.3 Å². The Morgan fingerprint density at radius 3 is 2.38 bits per heavy atom. The second-order valence-electron chi connectivity index (χ2n) is 5.92. The average Bonchev–Trinajstić information content (AvgIpc) is 3.02. The van der Waals surface area contributed by atoms with Crippen molar-refractivity contribution in [1.29, 1.82) is 0 Å². The molecular weight excluding hydrogens is 457 g/mol. The Morgan fingerprint density at radius 1 is 1.07 bits per heavy atom. The van der Waals surface area contributed by atoms with Crippen molar-refractivity contribution >= 4 is 50.2 Å². The van der Waals surface area contributed by atoms with Gasteiger partial charge in [-0.25, -0.2) is 18.5 Å². The second kappa shape index (κ2) is 8.37. The first kappa shape index (κ1) is 21.7. The van der Waals surface area contributed by atoms with Crippen LogP contribution in [0.25, 0.3) is 11.3 Å². The Morgan fingerprint density at radius 2 is 1.76 bits per heavy atom. The first-order valence-electron chi connectivity index (χ1n) is 8.09. The van der Waals surface area contributed by atoms with Crippen LogP contribution in [0.3, 0.4) is 0 Å². The molecule has 2 N–H and O–H groups in total. The van der Waals surface area contributed by atoms with E-state index in [1.165, 1.54) is 37.7 Å². The van der Waals surface area contributed by atoms with Gasteiger partial charge < -0.3 is 14.0 Å². The Labute approximate surface area is 182 Å². The Bertz CT molecular complexity index is 1250. The van der Waals surface area contributed by atoms with E-state index in [9.17, 15) is 8.42 Å². The maximum Gasteiger partial charge on any atom is 0.239 e. The molecule has 0 saturated carbocycles. The van der Waals surface area contributed by atoms with E-state index in [4.69, 9.17) is 37.8 Å². The summed E-state index contributed by atoms with van der Waals surface area (Å²) in [5.41, 5.74) is 1.91. The summed E-state index contributed by atoms with van der Waals surface area (Å²) in [4.78, 5) is 5.14. The SMILES string of the molecule is COc1cc(OC)c(N=c2scc(-c3ccc(Cl)c(S(N)(=O)=O)c3)n2C)cc1Cl. The summed E-state index contributed by atoms with van der Waals surface area (Å²) in [5, 5.41) is 7.57. The molecule has 0 atom stereocenters. The van der Waals surface area contributed by atoms with Gasteiger partial charge in [0.1, 0.15) is 22.1 Å². The van der Waals surface area contributed by atoms with Crippen molar-refractivity contribution in [2.45, 2.75) is 4.90 Å². The van der Waals surface area contributed by atoms with Crippen molar-refractivity contribution in [3.05, 3.63) is 50.6 Å². The van der Waals surface area contributed by atoms with Gasteiger partial charge in [-0.05, 0) is 18.2 Å². The number of sulfonamides is 1. The summed E-state index contributed by atoms with van der Waals surface area (Å²) in [6.07, 6.45) is 0. The number of hydrogen-bond acceptors (Lipinski definition) is 6. The van der Waals surface area contributed by atoms with Gasteiger partial charge in [-0.2, -0.15) is 0 Å². The number of nitrogens with two attached hydrogens (primary N) is 1. The van der Waals surface area contributed by atoms with Gasteiger partial charge in [0.15, 0.2) is 4.80 Å². The van der Waals surface area contributed by atoms with E-state index in [0.717, 1.165) is 5.69 Å². The summed E-state index contributed by atoms with van der Waals surface area (Å²) >= 11 is 13.6. The number of nitrogens with zero attached hydrogens (tertiary/aromatic N) is 2. The predicted octanol–water partition coefficient (Wildman–Crippen LogP) is 3.96. The van der Waals surface area contributed by atoms with Crippen LogP contribution in [0.15, 0.2) is 45.6 Å². The molecule has 0 fully saturated rings. The van der Waals surface area contributed by atoms with Gasteiger partial charge in [-0.3, -0.25) is 0 Å². The molecule has 2 aromatic carbocycles. The number of ether oxygens (including phenoxy) is 2. The molecule has 154 valence electrons. The standard InChI is InChI=1S/C18H17Cl2N3O4S2/c1-23-14(10-4-5-11(19)17(6-10)29(21,24)25)9-28-18(23)22-13-7-12(20)15(26-2)8-16(13)27-3/h4-9H,1-3H3,(H2,21,24,25). The van der Waals surface area contributed by atoms with Gasteiger partial charge in [0, 0.05) is 24.1 Å². The van der Waals surface area contributed by atoms with Crippen molar-refractivity contribution in [3.63, 3.8) is 0 Å². The van der Waals surface area contributed by atoms with Crippen molar-refractivity contribution in [2.24, 2.45) is 17.2 Å². The van der Waals surface area contributed by atoms with Gasteiger partial charge in [0.2, 0.25) is 10.0 Å². The quantitative estimate of drug-likeness (QED) is 0.606. The molecule has 0 spiro atoms. The largest absolute Gasteiger partial charge is 0.495 e. The number of rotatable bonds is 5. The number of methoxy groups -OCH3 is 2. The summed E-state index contributed by atoms with van der Waals surface area (Å²) in [6, 6.07) is 7.96. The van der Waals surface area contributed by atoms with Crippen LogP contribution >= 0.6 is 34.5 Å². The minimum atomic E-state index is -3.94. The van der Waals surface area contributed by atoms with Gasteiger partial charge in [0.25, 0.3) is 0 Å². The third kappa shape index (κ3) is 4.44. The van der Waals surface area contributed by atoms with E-state index < -0.39 is 10.0 Å². The fraction of sp³-hybridized carbons (Fsp3) is 0.167. The Balaban J connectivity index is 2.13. The molecule has 0 aliphatic heterocycles. The predicted molar refractivity (Wildman–Crippen MR) is 115 cm³/mol. The van der Waals surface area contributed by atoms with Crippen molar-refractivity contribution in [3.8, 4) is 22.8 Å². The monoisotopic (exact) mass is 473 g/mol. The fourth-order valence-corrected chi connectivity index (χ4v) is 4.87. The van der Waals surface area contributed by atoms with Crippen LogP contribution in [0.5, 0.6) is 11.5 Å². The zero-order valence-electron chi connectivity index (χ0n) is 15.6. The van der Waals surface area contributed by atoms with Crippen LogP contribution in [-0.2, 0) is 17.1 Å². The van der Waals surface area contributed by atoms with Gasteiger partial charge in [0.05, 0.1) is 30.0 Å². The molecule has 0 aliphatic rings. The number of hydrogen-bond donors (Lipinski definition) is 1. The highest BCUT2D eigenvalue weighted by Crippen LogP contribution is 2.37. The number of primary sulfonamides is 1. The first-order valence-corrected chi connectivity index (χ1v) is 11.3. The average molecular weight is 474 g/mol. The highest BCUT2D eigenvalue weighted by molar-refractivity contribution is 7.89. The third-order valence-electron chi connectivity index (χ3n) is 4.13. The van der Waals surface area contributed by atoms with E-state index >= 15 is 0 Å². The molecule has 11 heteroatoms. The van der Waals surface area contributed by atoms with E-state index in [2.05, 4.69) is 4.99 Å². The molecule has 29 heavy (non-hydrogen) atoms. The van der Waals surface area contributed by atoms with Crippen LogP contribution in [0, 0.1) is 0 Å². The lowest BCUT2D eigenvalue weighted by molar-refractivity contribution is 0.395. The van der Waals surface area contributed by atoms with Crippen LogP contribution in [0.1, 0.15) is 0 Å². The van der Waals surface area contributed by atoms with Crippen LogP contribution in [-0.4, -0.2) is 27.2 Å². The molecule has 0 bridgehead atoms. The normalized spacial score (nSPS) is 12.3. The minimum absolute atomic E-state index is 0.0663. The lowest BCUT2D eigenvalue weighted by Gasteiger charge is -2.09. The summed E-state index contributed by atoms with van der Waals surface area (Å²) in [5.74, 6) is 0.986. The Hall–Kier alpha value is -2.04. The minimum Gasteiger partial charge on any atom is -0.495 e. The van der Waals surface area contributed by atoms with Crippen molar-refractivity contribution in [2.75, 3.05) is 14.2 Å². The first-order chi connectivity index (χ1) is 13.7. The lowest BCUT2D eigenvalue weighted by Crippen LogP contribution is -2.14. The zero-order chi connectivity index (χ0) is 21.3. The molecule has 0 saturated heterocycles. The molecule has 3 rings (SSSR count). The second-order valence-corrected chi connectivity index (χ2v) is 9.10. The number of aromatic nitrogens is 1.